The van der Waals surface area contributed by atoms with Crippen LogP contribution in [-0.2, 0) is 20.9 Å². The normalized spacial score (nSPS) is 33.3. The number of hydrogen-bond donors (Lipinski definition) is 2. The zero-order valence-electron chi connectivity index (χ0n) is 29.9. The number of fused-ring (bicyclic) bond motifs is 4. The van der Waals surface area contributed by atoms with Crippen LogP contribution in [0, 0.1) is 11.8 Å². The number of likely N-dealkylation sites (tertiary alicyclic amines) is 1. The van der Waals surface area contributed by atoms with Gasteiger partial charge in [0, 0.05) is 50.4 Å². The second kappa shape index (κ2) is 12.7. The van der Waals surface area contributed by atoms with Gasteiger partial charge in [-0.2, -0.15) is 8.78 Å². The maximum atomic E-state index is 15.3. The summed E-state index contributed by atoms with van der Waals surface area (Å²) in [5.41, 5.74) is -3.72. The zero-order chi connectivity index (χ0) is 37.6. The number of carboxylic acids is 1. The zero-order valence-corrected chi connectivity index (χ0v) is 29.9. The molecular formula is C37H45F5N6O5. The van der Waals surface area contributed by atoms with Crippen molar-refractivity contribution in [2.75, 3.05) is 37.7 Å². The maximum Gasteiger partial charge on any atom is 0.329 e. The van der Waals surface area contributed by atoms with Gasteiger partial charge in [0.15, 0.2) is 0 Å². The van der Waals surface area contributed by atoms with E-state index in [1.165, 1.54) is 6.92 Å². The number of pyridine rings is 1. The molecule has 5 fully saturated rings. The van der Waals surface area contributed by atoms with Gasteiger partial charge in [-0.05, 0) is 88.5 Å². The van der Waals surface area contributed by atoms with Gasteiger partial charge in [-0.15, -0.1) is 0 Å². The number of nitrogens with one attached hydrogen (secondary N) is 1. The lowest BCUT2D eigenvalue weighted by atomic mass is 9.76. The topological polar surface area (TPSA) is 130 Å². The molecule has 3 aliphatic heterocycles. The average molecular weight is 749 g/mol. The summed E-state index contributed by atoms with van der Waals surface area (Å²) in [6, 6.07) is 2.00. The third-order valence-electron chi connectivity index (χ3n) is 12.7. The van der Waals surface area contributed by atoms with E-state index in [-0.39, 0.29) is 56.4 Å². The molecule has 5 heterocycles. The summed E-state index contributed by atoms with van der Waals surface area (Å²) in [7, 11) is 0. The largest absolute Gasteiger partial charge is 0.479 e. The van der Waals surface area contributed by atoms with Crippen LogP contribution >= 0.6 is 0 Å². The standard InChI is InChI=1S/C37H45F5N6O5/c1-33(38)13-21-11-22(15-33)37(14-21,31(50)51)46-30(49)25-16-44-32(45-29(25)34(2,39)40)48-18-35(7-9-52-10-8-35)26-12-28(43-17-27(26)48)53-24-5-3-23(4-6-24)47-19-36(41,42)20-47/h12,16-17,21-24H,3-11,13-15,18-20H2,1-2H3,(H,46,49)(H,50,51)/t21?,22-,23-,24-,33-,37+/m0/s1. The number of carbonyl (C=O) groups excluding carboxylic acids is 1. The van der Waals surface area contributed by atoms with Crippen molar-refractivity contribution in [3.05, 3.63) is 35.3 Å². The van der Waals surface area contributed by atoms with Gasteiger partial charge in [0.05, 0.1) is 30.5 Å². The highest BCUT2D eigenvalue weighted by molar-refractivity contribution is 5.99. The molecule has 8 rings (SSSR count). The Balaban J connectivity index is 1.05. The summed E-state index contributed by atoms with van der Waals surface area (Å²) < 4.78 is 84.6. The highest BCUT2D eigenvalue weighted by Gasteiger charge is 2.59. The SMILES string of the molecule is CC(F)(F)c1nc(N2CC3(CCOCC3)c3cc(O[C@H]4CC[C@H](N5CC(F)(F)C5)CC4)ncc32)ncc1C(=O)N[C@]1(C(=O)O)CC2C[C@H]1C[C@@](C)(F)C2. The molecule has 1 unspecified atom stereocenters. The number of aromatic nitrogens is 3. The van der Waals surface area contributed by atoms with E-state index in [4.69, 9.17) is 9.47 Å². The van der Waals surface area contributed by atoms with Crippen LogP contribution in [-0.4, -0.2) is 99.0 Å². The predicted molar refractivity (Wildman–Crippen MR) is 181 cm³/mol. The first kappa shape index (κ1) is 36.3. The van der Waals surface area contributed by atoms with Crippen LogP contribution < -0.4 is 15.0 Å². The maximum absolute atomic E-state index is 15.3. The van der Waals surface area contributed by atoms with E-state index in [1.54, 1.807) is 11.1 Å². The van der Waals surface area contributed by atoms with Crippen molar-refractivity contribution in [3.8, 4) is 5.88 Å². The summed E-state index contributed by atoms with van der Waals surface area (Å²) in [6.45, 7) is 2.97. The van der Waals surface area contributed by atoms with Crippen LogP contribution in [0.1, 0.15) is 99.7 Å². The van der Waals surface area contributed by atoms with Crippen molar-refractivity contribution in [1.29, 1.82) is 0 Å². The van der Waals surface area contributed by atoms with Gasteiger partial charge >= 0.3 is 5.97 Å². The Kier molecular flexibility index (Phi) is 8.71. The highest BCUT2D eigenvalue weighted by atomic mass is 19.3. The Bertz CT molecular complexity index is 1770. The van der Waals surface area contributed by atoms with Gasteiger partial charge in [-0.25, -0.2) is 32.9 Å². The third-order valence-corrected chi connectivity index (χ3v) is 12.7. The lowest BCUT2D eigenvalue weighted by Crippen LogP contribution is -2.60. The van der Waals surface area contributed by atoms with E-state index in [9.17, 15) is 23.5 Å². The van der Waals surface area contributed by atoms with Crippen LogP contribution in [0.4, 0.5) is 33.6 Å². The molecule has 2 aromatic rings. The lowest BCUT2D eigenvalue weighted by Gasteiger charge is -2.46. The molecule has 1 amide bonds. The molecule has 16 heteroatoms. The van der Waals surface area contributed by atoms with E-state index < -0.39 is 57.5 Å². The minimum Gasteiger partial charge on any atom is -0.479 e. The number of carbonyl (C=O) groups is 2. The summed E-state index contributed by atoms with van der Waals surface area (Å²) in [6.07, 6.45) is 7.25. The van der Waals surface area contributed by atoms with Crippen molar-refractivity contribution >= 4 is 23.5 Å². The number of halogens is 5. The Morgan fingerprint density at radius 1 is 1.02 bits per heavy atom. The molecule has 6 aliphatic rings. The lowest BCUT2D eigenvalue weighted by molar-refractivity contribution is -0.151. The summed E-state index contributed by atoms with van der Waals surface area (Å²) >= 11 is 0. The fourth-order valence-electron chi connectivity index (χ4n) is 10.1. The fourth-order valence-corrected chi connectivity index (χ4v) is 10.1. The smallest absolute Gasteiger partial charge is 0.329 e. The molecular weight excluding hydrogens is 703 g/mol. The Hall–Kier alpha value is -3.66. The summed E-state index contributed by atoms with van der Waals surface area (Å²) in [5, 5.41) is 12.8. The monoisotopic (exact) mass is 748 g/mol. The third kappa shape index (κ3) is 6.61. The molecule has 0 radical (unpaired) electrons. The van der Waals surface area contributed by atoms with Crippen molar-refractivity contribution in [2.45, 2.75) is 119 Å². The van der Waals surface area contributed by atoms with Gasteiger partial charge in [0.1, 0.15) is 23.0 Å². The van der Waals surface area contributed by atoms with Crippen molar-refractivity contribution < 1.29 is 46.1 Å². The molecule has 2 bridgehead atoms. The van der Waals surface area contributed by atoms with Crippen molar-refractivity contribution in [3.63, 3.8) is 0 Å². The van der Waals surface area contributed by atoms with Crippen LogP contribution in [0.2, 0.25) is 0 Å². The number of ether oxygens (including phenoxy) is 2. The molecule has 11 nitrogen and oxygen atoms in total. The summed E-state index contributed by atoms with van der Waals surface area (Å²) in [4.78, 5) is 43.2. The first-order chi connectivity index (χ1) is 25.0. The van der Waals surface area contributed by atoms with Gasteiger partial charge in [0.25, 0.3) is 17.8 Å². The van der Waals surface area contributed by atoms with Crippen LogP contribution in [0.3, 0.4) is 0 Å². The number of hydrogen-bond acceptors (Lipinski definition) is 9. The molecule has 3 aliphatic carbocycles. The van der Waals surface area contributed by atoms with E-state index in [0.29, 0.717) is 70.4 Å². The fraction of sp³-hybridized carbons (Fsp3) is 0.703. The first-order valence-electron chi connectivity index (χ1n) is 18.6. The minimum absolute atomic E-state index is 0.00543. The summed E-state index contributed by atoms with van der Waals surface area (Å²) in [5.74, 6) is -9.18. The molecule has 2 N–H and O–H groups in total. The number of nitrogens with zero attached hydrogens (tertiary/aromatic N) is 5. The van der Waals surface area contributed by atoms with Crippen molar-refractivity contribution in [2.24, 2.45) is 11.8 Å². The molecule has 0 aromatic carbocycles. The van der Waals surface area contributed by atoms with Gasteiger partial charge < -0.3 is 24.8 Å². The second-order valence-electron chi connectivity index (χ2n) is 16.7. The van der Waals surface area contributed by atoms with E-state index in [2.05, 4.69) is 20.3 Å². The quantitative estimate of drug-likeness (QED) is 0.314. The molecule has 4 atom stereocenters. The van der Waals surface area contributed by atoms with Crippen LogP contribution in [0.5, 0.6) is 5.88 Å². The Morgan fingerprint density at radius 2 is 1.74 bits per heavy atom. The number of aliphatic carboxylic acids is 1. The molecule has 2 aromatic heterocycles. The number of alkyl halides is 5. The number of rotatable bonds is 8. The van der Waals surface area contributed by atoms with Crippen LogP contribution in [0.25, 0.3) is 0 Å². The Morgan fingerprint density at radius 3 is 2.40 bits per heavy atom. The second-order valence-corrected chi connectivity index (χ2v) is 16.7. The first-order valence-corrected chi connectivity index (χ1v) is 18.6. The van der Waals surface area contributed by atoms with E-state index in [0.717, 1.165) is 24.6 Å². The molecule has 53 heavy (non-hydrogen) atoms. The van der Waals surface area contributed by atoms with Gasteiger partial charge in [0.2, 0.25) is 11.8 Å². The van der Waals surface area contributed by atoms with Crippen LogP contribution in [0.15, 0.2) is 18.5 Å². The van der Waals surface area contributed by atoms with E-state index in [1.807, 2.05) is 11.0 Å². The number of anilines is 2. The Labute approximate surface area is 304 Å². The number of carboxylic acid groups (broad SMARTS) is 1. The molecule has 3 saturated carbocycles. The molecule has 1 spiro atoms. The van der Waals surface area contributed by atoms with E-state index >= 15 is 13.2 Å². The average Bonchev–Trinajstić information content (AvgIpc) is 3.53. The highest BCUT2D eigenvalue weighted by Crippen LogP contribution is 2.54. The minimum atomic E-state index is -3.60. The van der Waals surface area contributed by atoms with Gasteiger partial charge in [-0.1, -0.05) is 0 Å². The predicted octanol–water partition coefficient (Wildman–Crippen LogP) is 5.93. The van der Waals surface area contributed by atoms with Gasteiger partial charge in [-0.3, -0.25) is 9.69 Å². The number of amides is 1. The molecule has 288 valence electrons. The molecule has 2 saturated heterocycles. The van der Waals surface area contributed by atoms with Crippen molar-refractivity contribution in [1.82, 2.24) is 25.2 Å².